The van der Waals surface area contributed by atoms with Crippen LogP contribution in [0, 0.1) is 0 Å². The minimum Gasteiger partial charge on any atom is -0.310 e. The lowest BCUT2D eigenvalue weighted by molar-refractivity contribution is 0.977. The molecule has 3 nitrogen and oxygen atoms in total. The Balaban J connectivity index is 1.49. The lowest BCUT2D eigenvalue weighted by Gasteiger charge is -2.06. The maximum absolute atomic E-state index is 12.9. The summed E-state index contributed by atoms with van der Waals surface area (Å²) in [6, 6.07) is 23.8. The van der Waals surface area contributed by atoms with Gasteiger partial charge in [-0.15, -0.1) is 11.3 Å². The van der Waals surface area contributed by atoms with E-state index in [0.717, 1.165) is 27.8 Å². The number of hydrogen-bond donors (Lipinski definition) is 1. The molecule has 2 heterocycles. The van der Waals surface area contributed by atoms with Crippen molar-refractivity contribution in [1.82, 2.24) is 9.97 Å². The highest BCUT2D eigenvalue weighted by Gasteiger charge is 2.14. The van der Waals surface area contributed by atoms with Gasteiger partial charge in [0.25, 0.3) is 5.56 Å². The van der Waals surface area contributed by atoms with Crippen molar-refractivity contribution in [2.75, 3.05) is 0 Å². The Kier molecular flexibility index (Phi) is 5.36. The monoisotopic (exact) mass is 462 g/mol. The number of benzene rings is 3. The number of fused-ring (bicyclic) bond motifs is 1. The van der Waals surface area contributed by atoms with Gasteiger partial charge in [0, 0.05) is 27.4 Å². The van der Waals surface area contributed by atoms with Crippen LogP contribution in [0.4, 0.5) is 0 Å². The molecule has 0 bridgehead atoms. The van der Waals surface area contributed by atoms with Crippen LogP contribution in [0.3, 0.4) is 0 Å². The third-order valence-corrected chi connectivity index (χ3v) is 6.63. The zero-order valence-corrected chi connectivity index (χ0v) is 18.6. The average molecular weight is 463 g/mol. The van der Waals surface area contributed by atoms with E-state index in [-0.39, 0.29) is 5.56 Å². The number of rotatable bonds is 4. The number of aromatic nitrogens is 2. The molecule has 0 aliphatic heterocycles. The van der Waals surface area contributed by atoms with Crippen molar-refractivity contribution in [2.45, 2.75) is 6.42 Å². The molecule has 6 heteroatoms. The fourth-order valence-corrected chi connectivity index (χ4v) is 5.05. The minimum atomic E-state index is -0.145. The van der Waals surface area contributed by atoms with Gasteiger partial charge in [0.2, 0.25) is 0 Å². The summed E-state index contributed by atoms with van der Waals surface area (Å²) in [5.41, 5.74) is 4.90. The molecule has 0 aliphatic carbocycles. The summed E-state index contributed by atoms with van der Waals surface area (Å²) in [4.78, 5) is 21.2. The highest BCUT2D eigenvalue weighted by atomic mass is 35.5. The number of thiophene rings is 1. The van der Waals surface area contributed by atoms with Gasteiger partial charge in [-0.3, -0.25) is 4.79 Å². The first-order valence-electron chi connectivity index (χ1n) is 9.68. The van der Waals surface area contributed by atoms with E-state index in [1.807, 2.05) is 41.8 Å². The minimum absolute atomic E-state index is 0.145. The predicted molar refractivity (Wildman–Crippen MR) is 130 cm³/mol. The Morgan fingerprint density at radius 2 is 1.58 bits per heavy atom. The predicted octanol–water partition coefficient (Wildman–Crippen LogP) is 7.22. The largest absolute Gasteiger partial charge is 0.310 e. The van der Waals surface area contributed by atoms with E-state index in [2.05, 4.69) is 34.2 Å². The smallest absolute Gasteiger partial charge is 0.260 e. The van der Waals surface area contributed by atoms with Crippen LogP contribution in [0.1, 0.15) is 11.4 Å². The Morgan fingerprint density at radius 1 is 0.871 bits per heavy atom. The number of hydrogen-bond acceptors (Lipinski definition) is 3. The van der Waals surface area contributed by atoms with E-state index in [1.54, 1.807) is 12.1 Å². The lowest BCUT2D eigenvalue weighted by atomic mass is 10.0. The second-order valence-electron chi connectivity index (χ2n) is 7.20. The second-order valence-corrected chi connectivity index (χ2v) is 8.90. The Morgan fingerprint density at radius 3 is 2.32 bits per heavy atom. The maximum Gasteiger partial charge on any atom is 0.260 e. The van der Waals surface area contributed by atoms with E-state index >= 15 is 0 Å². The fourth-order valence-electron chi connectivity index (χ4n) is 3.61. The number of nitrogens with one attached hydrogen (secondary N) is 1. The zero-order valence-electron chi connectivity index (χ0n) is 16.2. The van der Waals surface area contributed by atoms with Crippen LogP contribution < -0.4 is 5.56 Å². The van der Waals surface area contributed by atoms with Crippen molar-refractivity contribution in [3.05, 3.63) is 110 Å². The molecule has 0 saturated heterocycles. The first-order valence-corrected chi connectivity index (χ1v) is 11.3. The zero-order chi connectivity index (χ0) is 21.4. The standard InChI is InChI=1S/C25H16Cl2N2OS/c26-19-11-10-18(21(27)13-19)12-22-28-24(30)23-20(14-31-25(23)29-22)17-8-6-16(7-9-17)15-4-2-1-3-5-15/h1-11,13-14H,12H2,(H,28,29,30). The summed E-state index contributed by atoms with van der Waals surface area (Å²) in [7, 11) is 0. The van der Waals surface area contributed by atoms with Crippen molar-refractivity contribution in [1.29, 1.82) is 0 Å². The molecule has 3 aromatic carbocycles. The number of halogens is 2. The van der Waals surface area contributed by atoms with Gasteiger partial charge in [0.1, 0.15) is 10.7 Å². The summed E-state index contributed by atoms with van der Waals surface area (Å²) in [5, 5.41) is 3.74. The van der Waals surface area contributed by atoms with Crippen LogP contribution >= 0.6 is 34.5 Å². The molecule has 0 amide bonds. The first-order chi connectivity index (χ1) is 15.1. The average Bonchev–Trinajstić information content (AvgIpc) is 3.21. The molecule has 152 valence electrons. The van der Waals surface area contributed by atoms with E-state index < -0.39 is 0 Å². The van der Waals surface area contributed by atoms with Crippen LogP contribution in [0.2, 0.25) is 10.0 Å². The quantitative estimate of drug-likeness (QED) is 0.306. The molecular weight excluding hydrogens is 447 g/mol. The van der Waals surface area contributed by atoms with E-state index in [4.69, 9.17) is 23.2 Å². The van der Waals surface area contributed by atoms with Gasteiger partial charge in [0.05, 0.1) is 5.39 Å². The summed E-state index contributed by atoms with van der Waals surface area (Å²) in [6.45, 7) is 0. The molecule has 0 saturated carbocycles. The number of aromatic amines is 1. The molecule has 0 unspecified atom stereocenters. The van der Waals surface area contributed by atoms with Crippen molar-refractivity contribution < 1.29 is 0 Å². The van der Waals surface area contributed by atoms with Crippen LogP contribution in [-0.4, -0.2) is 9.97 Å². The highest BCUT2D eigenvalue weighted by molar-refractivity contribution is 7.17. The summed E-state index contributed by atoms with van der Waals surface area (Å²) < 4.78 is 0. The summed E-state index contributed by atoms with van der Waals surface area (Å²) >= 11 is 13.7. The van der Waals surface area contributed by atoms with E-state index in [0.29, 0.717) is 32.5 Å². The van der Waals surface area contributed by atoms with E-state index in [9.17, 15) is 4.79 Å². The van der Waals surface area contributed by atoms with Gasteiger partial charge in [0.15, 0.2) is 0 Å². The third kappa shape index (κ3) is 4.02. The molecule has 1 N–H and O–H groups in total. The molecule has 0 fully saturated rings. The van der Waals surface area contributed by atoms with Crippen molar-refractivity contribution in [2.24, 2.45) is 0 Å². The fraction of sp³-hybridized carbons (Fsp3) is 0.0400. The summed E-state index contributed by atoms with van der Waals surface area (Å²) in [5.74, 6) is 0.578. The highest BCUT2D eigenvalue weighted by Crippen LogP contribution is 2.32. The van der Waals surface area contributed by atoms with Gasteiger partial charge in [-0.05, 0) is 34.4 Å². The van der Waals surface area contributed by atoms with E-state index in [1.165, 1.54) is 11.3 Å². The summed E-state index contributed by atoms with van der Waals surface area (Å²) in [6.07, 6.45) is 0.431. The van der Waals surface area contributed by atoms with Crippen molar-refractivity contribution in [3.8, 4) is 22.3 Å². The lowest BCUT2D eigenvalue weighted by Crippen LogP contribution is -2.11. The third-order valence-electron chi connectivity index (χ3n) is 5.17. The van der Waals surface area contributed by atoms with Gasteiger partial charge >= 0.3 is 0 Å². The van der Waals surface area contributed by atoms with Crippen molar-refractivity contribution in [3.63, 3.8) is 0 Å². The normalized spacial score (nSPS) is 11.2. The van der Waals surface area contributed by atoms with Crippen LogP contribution in [-0.2, 0) is 6.42 Å². The Labute approximate surface area is 192 Å². The van der Waals surface area contributed by atoms with Gasteiger partial charge < -0.3 is 4.98 Å². The molecule has 5 rings (SSSR count). The molecule has 31 heavy (non-hydrogen) atoms. The molecule has 0 atom stereocenters. The van der Waals surface area contributed by atoms with Crippen molar-refractivity contribution >= 4 is 44.8 Å². The second kappa shape index (κ2) is 8.31. The maximum atomic E-state index is 12.9. The molecule has 0 spiro atoms. The molecule has 2 aromatic heterocycles. The molecule has 5 aromatic rings. The van der Waals surface area contributed by atoms with Gasteiger partial charge in [-0.2, -0.15) is 0 Å². The topological polar surface area (TPSA) is 45.8 Å². The van der Waals surface area contributed by atoms with Crippen LogP contribution in [0.25, 0.3) is 32.5 Å². The number of nitrogens with zero attached hydrogens (tertiary/aromatic N) is 1. The Bertz CT molecular complexity index is 1440. The SMILES string of the molecule is O=c1[nH]c(Cc2ccc(Cl)cc2Cl)nc2scc(-c3ccc(-c4ccccc4)cc3)c12. The molecule has 0 aliphatic rings. The van der Waals surface area contributed by atoms with Crippen LogP contribution in [0.5, 0.6) is 0 Å². The number of H-pyrrole nitrogens is 1. The molecule has 0 radical (unpaired) electrons. The van der Waals surface area contributed by atoms with Crippen LogP contribution in [0.15, 0.2) is 83.0 Å². The first kappa shape index (κ1) is 20.0. The molecular formula is C25H16Cl2N2OS. The van der Waals surface area contributed by atoms with Gasteiger partial charge in [-0.1, -0.05) is 83.9 Å². The van der Waals surface area contributed by atoms with Gasteiger partial charge in [-0.25, -0.2) is 4.98 Å². The Hall–Kier alpha value is -2.92.